The Morgan fingerprint density at radius 2 is 1.22 bits per heavy atom. The second-order valence-corrected chi connectivity index (χ2v) is 12.0. The van der Waals surface area contributed by atoms with E-state index in [0.29, 0.717) is 0 Å². The van der Waals surface area contributed by atoms with E-state index in [4.69, 9.17) is 35.2 Å². The van der Waals surface area contributed by atoms with E-state index in [1.807, 2.05) is 0 Å². The third-order valence-electron chi connectivity index (χ3n) is 7.75. The van der Waals surface area contributed by atoms with Crippen LogP contribution in [0.5, 0.6) is 11.5 Å². The Bertz CT molecular complexity index is 1400. The molecule has 10 atom stereocenters. The predicted molar refractivity (Wildman–Crippen MR) is 156 cm³/mol. The number of anilines is 2. The van der Waals surface area contributed by atoms with Gasteiger partial charge in [0.25, 0.3) is 0 Å². The highest BCUT2D eigenvalue weighted by molar-refractivity contribution is 5.94. The Hall–Kier alpha value is -3.78. The summed E-state index contributed by atoms with van der Waals surface area (Å²) in [4.78, 5) is 25.2. The summed E-state index contributed by atoms with van der Waals surface area (Å²) in [5.74, 6) is -2.82. The van der Waals surface area contributed by atoms with Crippen molar-refractivity contribution in [2.45, 2.75) is 61.3 Å². The molecule has 0 radical (unpaired) electrons. The van der Waals surface area contributed by atoms with Gasteiger partial charge in [0.15, 0.2) is 12.3 Å². The van der Waals surface area contributed by atoms with Crippen molar-refractivity contribution in [3.05, 3.63) is 47.5 Å². The number of hydrogen-bond donors (Lipinski definition) is 9. The molecule has 2 aromatic carbocycles. The van der Waals surface area contributed by atoms with Crippen molar-refractivity contribution in [3.63, 3.8) is 0 Å². The van der Waals surface area contributed by atoms with Crippen LogP contribution in [0.1, 0.15) is 20.7 Å². The lowest BCUT2D eigenvalue weighted by Crippen LogP contribution is -2.70. The number of quaternary nitrogens is 1. The van der Waals surface area contributed by atoms with Crippen LogP contribution in [0.3, 0.4) is 0 Å². The number of ether oxygens (including phenoxy) is 5. The number of carbonyl (C=O) groups excluding carboxylic acids is 2. The highest BCUT2D eigenvalue weighted by Crippen LogP contribution is 2.33. The van der Waals surface area contributed by atoms with Crippen molar-refractivity contribution >= 4 is 23.3 Å². The van der Waals surface area contributed by atoms with Crippen LogP contribution >= 0.6 is 0 Å². The summed E-state index contributed by atoms with van der Waals surface area (Å²) in [5, 5.41) is 74.1. The van der Waals surface area contributed by atoms with Crippen molar-refractivity contribution in [1.29, 1.82) is 0 Å². The fourth-order valence-corrected chi connectivity index (χ4v) is 5.27. The number of nitrogens with two attached hydrogens (primary N) is 2. The molecule has 2 fully saturated rings. The summed E-state index contributed by atoms with van der Waals surface area (Å²) < 4.78 is 27.5. The molecule has 2 aliphatic rings. The first kappa shape index (κ1) is 35.1. The minimum Gasteiger partial charge on any atom is -0.507 e. The van der Waals surface area contributed by atoms with E-state index in [-0.39, 0.29) is 27.0 Å². The van der Waals surface area contributed by atoms with Gasteiger partial charge in [-0.1, -0.05) is 0 Å². The number of nitrogens with zero attached hydrogens (tertiary/aromatic N) is 1. The molecule has 2 heterocycles. The number of benzene rings is 2. The highest BCUT2D eigenvalue weighted by Gasteiger charge is 2.55. The van der Waals surface area contributed by atoms with Crippen LogP contribution in [0.4, 0.5) is 11.4 Å². The zero-order chi connectivity index (χ0) is 34.1. The van der Waals surface area contributed by atoms with E-state index in [1.165, 1.54) is 36.4 Å². The number of aliphatic hydroxyl groups is 5. The molecule has 0 aromatic heterocycles. The molecule has 46 heavy (non-hydrogen) atoms. The number of rotatable bonds is 9. The molecule has 2 saturated heterocycles. The average Bonchev–Trinajstić information content (AvgIpc) is 2.98. The maximum atomic E-state index is 12.6. The van der Waals surface area contributed by atoms with E-state index in [1.54, 1.807) is 21.1 Å². The predicted octanol–water partition coefficient (Wildman–Crippen LogP) is -2.38. The van der Waals surface area contributed by atoms with Gasteiger partial charge in [-0.25, -0.2) is 9.59 Å². The summed E-state index contributed by atoms with van der Waals surface area (Å²) in [6.07, 6.45) is -14.7. The molecule has 0 unspecified atom stereocenters. The average molecular weight is 655 g/mol. The van der Waals surface area contributed by atoms with Crippen LogP contribution in [-0.2, 0) is 23.7 Å². The standard InChI is InChI=1S/C29H39N3O14/c1-32(2,3)20-25(22(36)19(44-28(20)41)11-43-27(40)15-9-13(31)5-7-17(15)34)46-29-24(38)23(37)21(35)18(45-29)10-42-26(39)14-8-12(30)4-6-16(14)33/h4-9,18-25,28-29,35-38,41H,10-11,30-31H2,1-3H3,(H-,33,34,39,40)/p+1/t18-,19-,20-,21-,22-,23+,24-,25-,28-,29+/m1/s1. The summed E-state index contributed by atoms with van der Waals surface area (Å²) in [7, 11) is 4.98. The lowest BCUT2D eigenvalue weighted by molar-refractivity contribution is -0.910. The summed E-state index contributed by atoms with van der Waals surface area (Å²) in [6, 6.07) is 6.46. The first-order valence-corrected chi connectivity index (χ1v) is 14.2. The molecule has 0 aliphatic carbocycles. The number of phenols is 2. The van der Waals surface area contributed by atoms with Crippen molar-refractivity contribution in [1.82, 2.24) is 0 Å². The molecule has 17 heteroatoms. The molecule has 4 rings (SSSR count). The third-order valence-corrected chi connectivity index (χ3v) is 7.75. The largest absolute Gasteiger partial charge is 0.507 e. The van der Waals surface area contributed by atoms with Crippen molar-refractivity contribution in [2.75, 3.05) is 45.8 Å². The van der Waals surface area contributed by atoms with Crippen molar-refractivity contribution in [3.8, 4) is 11.5 Å². The van der Waals surface area contributed by atoms with E-state index in [2.05, 4.69) is 0 Å². The number of nitrogen functional groups attached to an aromatic ring is 2. The second kappa shape index (κ2) is 13.9. The van der Waals surface area contributed by atoms with Gasteiger partial charge >= 0.3 is 11.9 Å². The van der Waals surface area contributed by atoms with Crippen LogP contribution in [0.2, 0.25) is 0 Å². The number of likely N-dealkylation sites (N-methyl/N-ethyl adjacent to an activating group) is 1. The molecular formula is C29H40N3O14+. The van der Waals surface area contributed by atoms with E-state index < -0.39 is 98.0 Å². The van der Waals surface area contributed by atoms with Gasteiger partial charge in [0.1, 0.15) is 78.6 Å². The fraction of sp³-hybridized carbons (Fsp3) is 0.517. The van der Waals surface area contributed by atoms with Crippen LogP contribution in [0.25, 0.3) is 0 Å². The first-order chi connectivity index (χ1) is 21.5. The fourth-order valence-electron chi connectivity index (χ4n) is 5.27. The molecule has 0 amide bonds. The Kier molecular flexibility index (Phi) is 10.6. The van der Waals surface area contributed by atoms with Crippen molar-refractivity contribution < 1.29 is 73.5 Å². The van der Waals surface area contributed by atoms with Crippen molar-refractivity contribution in [2.24, 2.45) is 0 Å². The monoisotopic (exact) mass is 654 g/mol. The van der Waals surface area contributed by atoms with Gasteiger partial charge in [-0.2, -0.15) is 0 Å². The lowest BCUT2D eigenvalue weighted by Gasteiger charge is -2.49. The van der Waals surface area contributed by atoms with Gasteiger partial charge in [0, 0.05) is 11.4 Å². The van der Waals surface area contributed by atoms with Gasteiger partial charge in [-0.05, 0) is 36.4 Å². The quantitative estimate of drug-likeness (QED) is 0.0591. The van der Waals surface area contributed by atoms with E-state index in [9.17, 15) is 45.3 Å². The highest BCUT2D eigenvalue weighted by atomic mass is 16.7. The van der Waals surface area contributed by atoms with Gasteiger partial charge in [0.05, 0.1) is 21.1 Å². The topological polar surface area (TPSA) is 274 Å². The number of hydrogen-bond acceptors (Lipinski definition) is 16. The summed E-state index contributed by atoms with van der Waals surface area (Å²) in [6.45, 7) is -1.27. The number of carbonyl (C=O) groups is 2. The lowest BCUT2D eigenvalue weighted by atomic mass is 9.94. The molecule has 0 bridgehead atoms. The molecule has 17 nitrogen and oxygen atoms in total. The maximum absolute atomic E-state index is 12.6. The Labute approximate surface area is 263 Å². The number of aromatic hydroxyl groups is 2. The molecule has 254 valence electrons. The molecule has 0 saturated carbocycles. The minimum atomic E-state index is -1.87. The third kappa shape index (κ3) is 7.60. The summed E-state index contributed by atoms with van der Waals surface area (Å²) >= 11 is 0. The van der Waals surface area contributed by atoms with Gasteiger partial charge in [-0.3, -0.25) is 0 Å². The van der Waals surface area contributed by atoms with Crippen LogP contribution in [-0.4, -0.2) is 148 Å². The van der Waals surface area contributed by atoms with Crippen LogP contribution in [0.15, 0.2) is 36.4 Å². The molecule has 2 aromatic rings. The summed E-state index contributed by atoms with van der Waals surface area (Å²) in [5.41, 5.74) is 11.2. The zero-order valence-electron chi connectivity index (χ0n) is 25.2. The Morgan fingerprint density at radius 1 is 0.739 bits per heavy atom. The Balaban J connectivity index is 1.50. The number of phenolic OH excluding ortho intramolecular Hbond substituents is 2. The second-order valence-electron chi connectivity index (χ2n) is 12.0. The van der Waals surface area contributed by atoms with E-state index in [0.717, 1.165) is 0 Å². The number of esters is 2. The maximum Gasteiger partial charge on any atom is 0.342 e. The SMILES string of the molecule is C[N+](C)(C)[C@@H]1[C@@H](O[C@@H]2O[C@H](COC(=O)c3cc(N)ccc3O)[C@@H](O)[C@H](O)[C@H]2O)[C@H](O)[C@@H](COC(=O)c2cc(N)ccc2O)O[C@H]1O. The van der Waals surface area contributed by atoms with Gasteiger partial charge in [0.2, 0.25) is 6.29 Å². The minimum absolute atomic E-state index is 0.0503. The van der Waals surface area contributed by atoms with Gasteiger partial charge in [-0.15, -0.1) is 0 Å². The number of aliphatic hydroxyl groups excluding tert-OH is 5. The zero-order valence-corrected chi connectivity index (χ0v) is 25.2. The van der Waals surface area contributed by atoms with Crippen LogP contribution < -0.4 is 11.5 Å². The molecular weight excluding hydrogens is 614 g/mol. The smallest absolute Gasteiger partial charge is 0.342 e. The van der Waals surface area contributed by atoms with Crippen LogP contribution in [0, 0.1) is 0 Å². The Morgan fingerprint density at radius 3 is 1.70 bits per heavy atom. The molecule has 11 N–H and O–H groups in total. The van der Waals surface area contributed by atoms with Gasteiger partial charge < -0.3 is 75.4 Å². The molecule has 0 spiro atoms. The normalized spacial score (nSPS) is 31.7. The molecule has 2 aliphatic heterocycles. The van der Waals surface area contributed by atoms with E-state index >= 15 is 0 Å². The first-order valence-electron chi connectivity index (χ1n) is 14.2.